The van der Waals surface area contributed by atoms with Gasteiger partial charge in [0.05, 0.1) is 0 Å². The zero-order valence-electron chi connectivity index (χ0n) is 15.7. The zero-order chi connectivity index (χ0) is 19.1. The molecule has 2 aromatic carbocycles. The van der Waals surface area contributed by atoms with Crippen LogP contribution >= 0.6 is 0 Å². The number of likely N-dealkylation sites (tertiary alicyclic amines) is 1. The summed E-state index contributed by atoms with van der Waals surface area (Å²) in [6.45, 7) is 2.85. The first-order valence-corrected chi connectivity index (χ1v) is 9.52. The summed E-state index contributed by atoms with van der Waals surface area (Å²) >= 11 is 0. The van der Waals surface area contributed by atoms with Gasteiger partial charge in [0.25, 0.3) is 5.91 Å². The maximum atomic E-state index is 13.1. The molecule has 1 fully saturated rings. The van der Waals surface area contributed by atoms with Crippen LogP contribution in [0.15, 0.2) is 66.4 Å². The van der Waals surface area contributed by atoms with E-state index in [-0.39, 0.29) is 11.8 Å². The molecule has 0 saturated carbocycles. The molecule has 1 aliphatic heterocycles. The number of carbonyl (C=O) groups is 2. The van der Waals surface area contributed by atoms with E-state index < -0.39 is 0 Å². The van der Waals surface area contributed by atoms with Crippen molar-refractivity contribution in [1.29, 1.82) is 0 Å². The molecule has 0 spiro atoms. The summed E-state index contributed by atoms with van der Waals surface area (Å²) in [5, 5.41) is 2.72. The van der Waals surface area contributed by atoms with Crippen molar-refractivity contribution in [3.63, 3.8) is 0 Å². The third-order valence-corrected chi connectivity index (χ3v) is 4.94. The van der Waals surface area contributed by atoms with Crippen LogP contribution in [0.3, 0.4) is 0 Å². The summed E-state index contributed by atoms with van der Waals surface area (Å²) in [4.78, 5) is 26.6. The molecule has 0 bridgehead atoms. The normalized spacial score (nSPS) is 17.9. The lowest BCUT2D eigenvalue weighted by atomic mass is 9.92. The van der Waals surface area contributed by atoms with E-state index in [1.54, 1.807) is 6.08 Å². The van der Waals surface area contributed by atoms with Gasteiger partial charge in [0.15, 0.2) is 0 Å². The molecule has 2 aromatic rings. The van der Waals surface area contributed by atoms with E-state index in [2.05, 4.69) is 29.6 Å². The van der Waals surface area contributed by atoms with Crippen molar-refractivity contribution in [3.05, 3.63) is 77.5 Å². The van der Waals surface area contributed by atoms with Crippen molar-refractivity contribution in [1.82, 2.24) is 10.2 Å². The Labute approximate surface area is 160 Å². The van der Waals surface area contributed by atoms with Crippen LogP contribution in [0.5, 0.6) is 0 Å². The molecule has 2 amide bonds. The first kappa shape index (κ1) is 18.9. The van der Waals surface area contributed by atoms with Gasteiger partial charge >= 0.3 is 0 Å². The lowest BCUT2D eigenvalue weighted by Gasteiger charge is -2.22. The molecule has 0 aliphatic carbocycles. The highest BCUT2D eigenvalue weighted by atomic mass is 16.2. The number of nitrogens with zero attached hydrogens (tertiary/aromatic N) is 1. The summed E-state index contributed by atoms with van der Waals surface area (Å²) < 4.78 is 0. The number of nitrogens with one attached hydrogen (secondary N) is 1. The standard InChI is InChI=1S/C23H26N2O2/c1-18(26)24-22(17-19-9-4-2-5-10-19)23(27)25-15-8-13-21(14-16-25)20-11-6-3-7-12-20/h2-7,9-12,17,21H,8,13-16H2,1H3,(H,24,26)/b22-17+. The van der Waals surface area contributed by atoms with E-state index in [1.807, 2.05) is 41.3 Å². The average molecular weight is 362 g/mol. The first-order chi connectivity index (χ1) is 13.1. The highest BCUT2D eigenvalue weighted by Gasteiger charge is 2.24. The van der Waals surface area contributed by atoms with Crippen molar-refractivity contribution in [2.24, 2.45) is 0 Å². The molecular formula is C23H26N2O2. The van der Waals surface area contributed by atoms with Crippen LogP contribution in [-0.2, 0) is 9.59 Å². The van der Waals surface area contributed by atoms with Crippen LogP contribution in [0.25, 0.3) is 6.08 Å². The van der Waals surface area contributed by atoms with Gasteiger partial charge in [-0.25, -0.2) is 0 Å². The molecule has 4 heteroatoms. The molecule has 140 valence electrons. The fraction of sp³-hybridized carbons (Fsp3) is 0.304. The molecular weight excluding hydrogens is 336 g/mol. The van der Waals surface area contributed by atoms with Gasteiger partial charge in [0.2, 0.25) is 5.91 Å². The van der Waals surface area contributed by atoms with Gasteiger partial charge in [-0.05, 0) is 42.4 Å². The molecule has 3 rings (SSSR count). The Kier molecular flexibility index (Phi) is 6.42. The summed E-state index contributed by atoms with van der Waals surface area (Å²) in [6.07, 6.45) is 4.73. The summed E-state index contributed by atoms with van der Waals surface area (Å²) in [5.41, 5.74) is 2.58. The van der Waals surface area contributed by atoms with Gasteiger partial charge in [0, 0.05) is 20.0 Å². The minimum absolute atomic E-state index is 0.109. The second-order valence-electron chi connectivity index (χ2n) is 6.98. The van der Waals surface area contributed by atoms with Crippen molar-refractivity contribution in [3.8, 4) is 0 Å². The molecule has 0 radical (unpaired) electrons. The molecule has 1 unspecified atom stereocenters. The number of amides is 2. The van der Waals surface area contributed by atoms with Gasteiger partial charge in [0.1, 0.15) is 5.70 Å². The van der Waals surface area contributed by atoms with Crippen LogP contribution in [0.2, 0.25) is 0 Å². The lowest BCUT2D eigenvalue weighted by Crippen LogP contribution is -2.38. The van der Waals surface area contributed by atoms with Gasteiger partial charge < -0.3 is 10.2 Å². The Morgan fingerprint density at radius 1 is 0.963 bits per heavy atom. The molecule has 4 nitrogen and oxygen atoms in total. The monoisotopic (exact) mass is 362 g/mol. The van der Waals surface area contributed by atoms with Crippen LogP contribution < -0.4 is 5.32 Å². The number of rotatable bonds is 4. The van der Waals surface area contributed by atoms with E-state index in [0.717, 1.165) is 24.8 Å². The van der Waals surface area contributed by atoms with Crippen molar-refractivity contribution >= 4 is 17.9 Å². The number of hydrogen-bond donors (Lipinski definition) is 1. The fourth-order valence-corrected chi connectivity index (χ4v) is 3.59. The summed E-state index contributed by atoms with van der Waals surface area (Å²) in [7, 11) is 0. The highest BCUT2D eigenvalue weighted by molar-refractivity contribution is 6.00. The second kappa shape index (κ2) is 9.17. The molecule has 27 heavy (non-hydrogen) atoms. The highest BCUT2D eigenvalue weighted by Crippen LogP contribution is 2.28. The van der Waals surface area contributed by atoms with E-state index in [0.29, 0.717) is 24.7 Å². The van der Waals surface area contributed by atoms with Crippen LogP contribution in [0, 0.1) is 0 Å². The maximum Gasteiger partial charge on any atom is 0.270 e. The quantitative estimate of drug-likeness (QED) is 0.837. The smallest absolute Gasteiger partial charge is 0.270 e. The molecule has 1 saturated heterocycles. The van der Waals surface area contributed by atoms with Crippen molar-refractivity contribution in [2.75, 3.05) is 13.1 Å². The second-order valence-corrected chi connectivity index (χ2v) is 6.98. The van der Waals surface area contributed by atoms with Crippen molar-refractivity contribution < 1.29 is 9.59 Å². The summed E-state index contributed by atoms with van der Waals surface area (Å²) in [5.74, 6) is 0.136. The van der Waals surface area contributed by atoms with E-state index in [4.69, 9.17) is 0 Å². The molecule has 1 aliphatic rings. The minimum Gasteiger partial charge on any atom is -0.337 e. The Balaban J connectivity index is 1.74. The minimum atomic E-state index is -0.234. The third kappa shape index (κ3) is 5.30. The largest absolute Gasteiger partial charge is 0.337 e. The van der Waals surface area contributed by atoms with Gasteiger partial charge in [-0.3, -0.25) is 9.59 Å². The number of benzene rings is 2. The zero-order valence-corrected chi connectivity index (χ0v) is 15.7. The number of hydrogen-bond acceptors (Lipinski definition) is 2. The third-order valence-electron chi connectivity index (χ3n) is 4.94. The topological polar surface area (TPSA) is 49.4 Å². The molecule has 1 heterocycles. The van der Waals surface area contributed by atoms with Gasteiger partial charge in [-0.15, -0.1) is 0 Å². The van der Waals surface area contributed by atoms with Crippen LogP contribution in [0.4, 0.5) is 0 Å². The Hall–Kier alpha value is -2.88. The van der Waals surface area contributed by atoms with Crippen molar-refractivity contribution in [2.45, 2.75) is 32.1 Å². The molecule has 1 N–H and O–H groups in total. The Bertz CT molecular complexity index is 800. The van der Waals surface area contributed by atoms with Crippen LogP contribution in [0.1, 0.15) is 43.2 Å². The predicted octanol–water partition coefficient (Wildman–Crippen LogP) is 3.96. The average Bonchev–Trinajstić information content (AvgIpc) is 2.94. The Morgan fingerprint density at radius 3 is 2.30 bits per heavy atom. The lowest BCUT2D eigenvalue weighted by molar-refractivity contribution is -0.129. The van der Waals surface area contributed by atoms with Crippen LogP contribution in [-0.4, -0.2) is 29.8 Å². The number of carbonyl (C=O) groups excluding carboxylic acids is 2. The molecule has 0 aromatic heterocycles. The van der Waals surface area contributed by atoms with Gasteiger partial charge in [-0.1, -0.05) is 60.7 Å². The van der Waals surface area contributed by atoms with Gasteiger partial charge in [-0.2, -0.15) is 0 Å². The fourth-order valence-electron chi connectivity index (χ4n) is 3.59. The van der Waals surface area contributed by atoms with E-state index in [1.165, 1.54) is 12.5 Å². The summed E-state index contributed by atoms with van der Waals surface area (Å²) in [6, 6.07) is 20.1. The maximum absolute atomic E-state index is 13.1. The van der Waals surface area contributed by atoms with E-state index in [9.17, 15) is 9.59 Å². The van der Waals surface area contributed by atoms with E-state index >= 15 is 0 Å². The molecule has 1 atom stereocenters. The first-order valence-electron chi connectivity index (χ1n) is 9.52. The predicted molar refractivity (Wildman–Crippen MR) is 108 cm³/mol. The SMILES string of the molecule is CC(=O)N/C(=C/c1ccccc1)C(=O)N1CCCC(c2ccccc2)CC1. The Morgan fingerprint density at radius 2 is 1.63 bits per heavy atom.